The average Bonchev–Trinajstić information content (AvgIpc) is 3.09. The fourth-order valence-corrected chi connectivity index (χ4v) is 2.73. The SMILES string of the molecule is COc1cc(C2=CC(Cc3ccccc3)ON2)cc(OC)c1OC. The monoisotopic (exact) mass is 327 g/mol. The number of rotatable bonds is 6. The van der Waals surface area contributed by atoms with Crippen LogP contribution in [0.1, 0.15) is 11.1 Å². The van der Waals surface area contributed by atoms with Crippen LogP contribution in [0.4, 0.5) is 0 Å². The van der Waals surface area contributed by atoms with Crippen LogP contribution in [0.15, 0.2) is 48.5 Å². The molecule has 1 aliphatic heterocycles. The minimum absolute atomic E-state index is 0.0264. The molecule has 126 valence electrons. The van der Waals surface area contributed by atoms with Gasteiger partial charge in [-0.2, -0.15) is 0 Å². The molecule has 1 unspecified atom stereocenters. The minimum Gasteiger partial charge on any atom is -0.493 e. The van der Waals surface area contributed by atoms with Crippen molar-refractivity contribution in [3.63, 3.8) is 0 Å². The summed E-state index contributed by atoms with van der Waals surface area (Å²) < 4.78 is 16.2. The van der Waals surface area contributed by atoms with Gasteiger partial charge in [0.15, 0.2) is 11.5 Å². The minimum atomic E-state index is -0.0264. The number of hydroxylamine groups is 1. The number of hydrogen-bond donors (Lipinski definition) is 1. The topological polar surface area (TPSA) is 49.0 Å². The molecule has 5 nitrogen and oxygen atoms in total. The van der Waals surface area contributed by atoms with E-state index >= 15 is 0 Å². The van der Waals surface area contributed by atoms with Crippen LogP contribution < -0.4 is 19.7 Å². The van der Waals surface area contributed by atoms with E-state index in [4.69, 9.17) is 19.0 Å². The fraction of sp³-hybridized carbons (Fsp3) is 0.263. The Hall–Kier alpha value is -2.66. The summed E-state index contributed by atoms with van der Waals surface area (Å²) in [7, 11) is 4.80. The van der Waals surface area contributed by atoms with E-state index in [9.17, 15) is 0 Å². The van der Waals surface area contributed by atoms with Crippen LogP contribution in [-0.4, -0.2) is 27.4 Å². The predicted molar refractivity (Wildman–Crippen MR) is 92.2 cm³/mol. The van der Waals surface area contributed by atoms with Gasteiger partial charge in [-0.1, -0.05) is 30.3 Å². The molecular weight excluding hydrogens is 306 g/mol. The molecule has 0 fully saturated rings. The molecule has 5 heteroatoms. The summed E-state index contributed by atoms with van der Waals surface area (Å²) in [5.74, 6) is 1.80. The summed E-state index contributed by atoms with van der Waals surface area (Å²) in [6, 6.07) is 14.0. The molecule has 0 aromatic heterocycles. The Balaban J connectivity index is 1.85. The predicted octanol–water partition coefficient (Wildman–Crippen LogP) is 3.20. The van der Waals surface area contributed by atoms with Gasteiger partial charge in [0.25, 0.3) is 0 Å². The van der Waals surface area contributed by atoms with Gasteiger partial charge in [-0.25, -0.2) is 0 Å². The van der Waals surface area contributed by atoms with Crippen molar-refractivity contribution in [2.24, 2.45) is 0 Å². The van der Waals surface area contributed by atoms with Gasteiger partial charge in [0.2, 0.25) is 5.75 Å². The van der Waals surface area contributed by atoms with Crippen molar-refractivity contribution in [2.45, 2.75) is 12.5 Å². The first-order valence-corrected chi connectivity index (χ1v) is 7.73. The lowest BCUT2D eigenvalue weighted by molar-refractivity contribution is 0.0519. The molecule has 0 saturated carbocycles. The summed E-state index contributed by atoms with van der Waals surface area (Å²) in [4.78, 5) is 5.67. The Morgan fingerprint density at radius 2 is 1.62 bits per heavy atom. The Morgan fingerprint density at radius 3 is 2.21 bits per heavy atom. The van der Waals surface area contributed by atoms with Gasteiger partial charge in [-0.05, 0) is 23.8 Å². The van der Waals surface area contributed by atoms with Crippen LogP contribution in [-0.2, 0) is 11.3 Å². The summed E-state index contributed by atoms with van der Waals surface area (Å²) in [6.45, 7) is 0. The van der Waals surface area contributed by atoms with Gasteiger partial charge in [-0.3, -0.25) is 10.3 Å². The maximum Gasteiger partial charge on any atom is 0.203 e. The highest BCUT2D eigenvalue weighted by Gasteiger charge is 2.21. The van der Waals surface area contributed by atoms with Gasteiger partial charge >= 0.3 is 0 Å². The number of nitrogens with one attached hydrogen (secondary N) is 1. The first kappa shape index (κ1) is 16.2. The third-order valence-corrected chi connectivity index (χ3v) is 3.93. The zero-order valence-electron chi connectivity index (χ0n) is 14.0. The molecule has 1 aliphatic rings. The molecule has 1 N–H and O–H groups in total. The molecule has 1 atom stereocenters. The van der Waals surface area contributed by atoms with Gasteiger partial charge in [0, 0.05) is 12.0 Å². The quantitative estimate of drug-likeness (QED) is 0.883. The smallest absolute Gasteiger partial charge is 0.203 e. The van der Waals surface area contributed by atoms with Crippen molar-refractivity contribution >= 4 is 5.70 Å². The molecule has 0 spiro atoms. The second-order valence-corrected chi connectivity index (χ2v) is 5.44. The fourth-order valence-electron chi connectivity index (χ4n) is 2.73. The zero-order valence-corrected chi connectivity index (χ0v) is 14.0. The number of ether oxygens (including phenoxy) is 3. The van der Waals surface area contributed by atoms with Crippen LogP contribution in [0.5, 0.6) is 17.2 Å². The second-order valence-electron chi connectivity index (χ2n) is 5.44. The van der Waals surface area contributed by atoms with E-state index in [0.717, 1.165) is 17.7 Å². The molecule has 0 aliphatic carbocycles. The number of benzene rings is 2. The van der Waals surface area contributed by atoms with Crippen LogP contribution in [0.25, 0.3) is 5.70 Å². The lowest BCUT2D eigenvalue weighted by atomic mass is 10.1. The maximum absolute atomic E-state index is 5.67. The molecule has 0 amide bonds. The van der Waals surface area contributed by atoms with E-state index in [1.165, 1.54) is 5.56 Å². The van der Waals surface area contributed by atoms with Gasteiger partial charge in [-0.15, -0.1) is 0 Å². The van der Waals surface area contributed by atoms with E-state index in [1.54, 1.807) is 21.3 Å². The average molecular weight is 327 g/mol. The highest BCUT2D eigenvalue weighted by molar-refractivity contribution is 5.70. The van der Waals surface area contributed by atoms with Crippen molar-refractivity contribution < 1.29 is 19.0 Å². The Morgan fingerprint density at radius 1 is 0.958 bits per heavy atom. The largest absolute Gasteiger partial charge is 0.493 e. The van der Waals surface area contributed by atoms with Crippen molar-refractivity contribution in [1.29, 1.82) is 0 Å². The van der Waals surface area contributed by atoms with E-state index in [0.29, 0.717) is 17.2 Å². The van der Waals surface area contributed by atoms with E-state index in [2.05, 4.69) is 23.7 Å². The molecular formula is C19H21NO4. The first-order chi connectivity index (χ1) is 11.7. The summed E-state index contributed by atoms with van der Waals surface area (Å²) in [5, 5.41) is 0. The second kappa shape index (κ2) is 7.27. The zero-order chi connectivity index (χ0) is 16.9. The maximum atomic E-state index is 5.67. The van der Waals surface area contributed by atoms with Crippen molar-refractivity contribution in [2.75, 3.05) is 21.3 Å². The molecule has 0 saturated heterocycles. The summed E-state index contributed by atoms with van der Waals surface area (Å²) >= 11 is 0. The molecule has 0 radical (unpaired) electrons. The van der Waals surface area contributed by atoms with Gasteiger partial charge < -0.3 is 14.2 Å². The lowest BCUT2D eigenvalue weighted by Crippen LogP contribution is -2.14. The van der Waals surface area contributed by atoms with Gasteiger partial charge in [0.05, 0.1) is 27.0 Å². The van der Waals surface area contributed by atoms with E-state index in [-0.39, 0.29) is 6.10 Å². The third kappa shape index (κ3) is 3.31. The van der Waals surface area contributed by atoms with Crippen molar-refractivity contribution in [3.8, 4) is 17.2 Å². The van der Waals surface area contributed by atoms with Crippen LogP contribution in [0.3, 0.4) is 0 Å². The lowest BCUT2D eigenvalue weighted by Gasteiger charge is -2.14. The number of hydrogen-bond acceptors (Lipinski definition) is 5. The van der Waals surface area contributed by atoms with Crippen LogP contribution >= 0.6 is 0 Å². The molecule has 2 aromatic rings. The summed E-state index contributed by atoms with van der Waals surface area (Å²) in [5.41, 5.74) is 6.02. The molecule has 2 aromatic carbocycles. The molecule has 0 bridgehead atoms. The van der Waals surface area contributed by atoms with E-state index < -0.39 is 0 Å². The standard InChI is InChI=1S/C19H21NO4/c1-21-17-10-14(11-18(22-2)19(17)23-3)16-12-15(24-20-16)9-13-7-5-4-6-8-13/h4-8,10-12,15,20H,9H2,1-3H3. The highest BCUT2D eigenvalue weighted by atomic mass is 16.7. The van der Waals surface area contributed by atoms with E-state index in [1.807, 2.05) is 30.3 Å². The molecule has 3 rings (SSSR count). The highest BCUT2D eigenvalue weighted by Crippen LogP contribution is 2.40. The van der Waals surface area contributed by atoms with Gasteiger partial charge in [0.1, 0.15) is 6.10 Å². The van der Waals surface area contributed by atoms with Crippen molar-refractivity contribution in [3.05, 3.63) is 59.7 Å². The Labute approximate surface area is 141 Å². The molecule has 1 heterocycles. The van der Waals surface area contributed by atoms with Crippen LogP contribution in [0.2, 0.25) is 0 Å². The normalized spacial score (nSPS) is 16.3. The summed E-state index contributed by atoms with van der Waals surface area (Å²) in [6.07, 6.45) is 2.84. The Kier molecular flexibility index (Phi) is 4.91. The molecule has 24 heavy (non-hydrogen) atoms. The first-order valence-electron chi connectivity index (χ1n) is 7.73. The Bertz CT molecular complexity index is 702. The van der Waals surface area contributed by atoms with Crippen molar-refractivity contribution in [1.82, 2.24) is 5.48 Å². The third-order valence-electron chi connectivity index (χ3n) is 3.93. The van der Waals surface area contributed by atoms with Crippen LogP contribution in [0, 0.1) is 0 Å². The number of methoxy groups -OCH3 is 3.